The highest BCUT2D eigenvalue weighted by Crippen LogP contribution is 2.39. The highest BCUT2D eigenvalue weighted by atomic mass is 32.1. The molecule has 3 aromatic rings. The van der Waals surface area contributed by atoms with Crippen LogP contribution in [0.2, 0.25) is 0 Å². The molecule has 1 saturated heterocycles. The molecule has 1 aromatic heterocycles. The lowest BCUT2D eigenvalue weighted by molar-refractivity contribution is -0.382. The van der Waals surface area contributed by atoms with E-state index in [-0.39, 0.29) is 10.6 Å². The van der Waals surface area contributed by atoms with Gasteiger partial charge in [-0.15, -0.1) is 0 Å². The molecule has 23 heavy (non-hydrogen) atoms. The number of anilines is 1. The van der Waals surface area contributed by atoms with Gasteiger partial charge in [-0.2, -0.15) is 8.75 Å². The summed E-state index contributed by atoms with van der Waals surface area (Å²) in [5, 5.41) is 11.6. The second kappa shape index (κ2) is 5.58. The molecule has 1 fully saturated rings. The predicted octanol–water partition coefficient (Wildman–Crippen LogP) is 3.59. The van der Waals surface area contributed by atoms with E-state index in [1.807, 2.05) is 24.3 Å². The Morgan fingerprint density at radius 2 is 2.00 bits per heavy atom. The van der Waals surface area contributed by atoms with Crippen molar-refractivity contribution in [2.24, 2.45) is 0 Å². The third kappa shape index (κ3) is 2.43. The van der Waals surface area contributed by atoms with Crippen LogP contribution >= 0.6 is 11.7 Å². The second-order valence-electron chi connectivity index (χ2n) is 5.66. The first-order valence-electron chi connectivity index (χ1n) is 7.43. The van der Waals surface area contributed by atoms with E-state index in [9.17, 15) is 10.1 Å². The summed E-state index contributed by atoms with van der Waals surface area (Å²) in [6.07, 6.45) is 0.995. The predicted molar refractivity (Wildman–Crippen MR) is 90.1 cm³/mol. The van der Waals surface area contributed by atoms with Crippen molar-refractivity contribution in [2.45, 2.75) is 12.3 Å². The Kier molecular flexibility index (Phi) is 3.42. The van der Waals surface area contributed by atoms with Gasteiger partial charge in [0.15, 0.2) is 5.52 Å². The van der Waals surface area contributed by atoms with Gasteiger partial charge >= 0.3 is 5.69 Å². The van der Waals surface area contributed by atoms with E-state index in [1.54, 1.807) is 6.07 Å². The number of hydrogen-bond donors (Lipinski definition) is 0. The van der Waals surface area contributed by atoms with Crippen molar-refractivity contribution in [1.82, 2.24) is 8.75 Å². The Bertz CT molecular complexity index is 865. The molecule has 1 unspecified atom stereocenters. The molecule has 116 valence electrons. The summed E-state index contributed by atoms with van der Waals surface area (Å²) in [5.74, 6) is 0.403. The zero-order chi connectivity index (χ0) is 15.8. The maximum Gasteiger partial charge on any atom is 0.321 e. The van der Waals surface area contributed by atoms with Crippen molar-refractivity contribution in [3.63, 3.8) is 0 Å². The SMILES string of the molecule is O=[N+]([O-])c1c(N2CCC(c3ccccc3)C2)ccc2nsnc12. The average Bonchev–Trinajstić information content (AvgIpc) is 3.23. The van der Waals surface area contributed by atoms with E-state index < -0.39 is 0 Å². The Balaban J connectivity index is 1.70. The molecular formula is C16H14N4O2S. The molecule has 0 saturated carbocycles. The van der Waals surface area contributed by atoms with Crippen molar-refractivity contribution < 1.29 is 4.92 Å². The quantitative estimate of drug-likeness (QED) is 0.543. The van der Waals surface area contributed by atoms with Gasteiger partial charge in [0.2, 0.25) is 0 Å². The van der Waals surface area contributed by atoms with Crippen molar-refractivity contribution in [2.75, 3.05) is 18.0 Å². The smallest absolute Gasteiger partial charge is 0.321 e. The number of hydrogen-bond acceptors (Lipinski definition) is 6. The van der Waals surface area contributed by atoms with Crippen LogP contribution in [-0.2, 0) is 0 Å². The van der Waals surface area contributed by atoms with E-state index in [0.29, 0.717) is 22.6 Å². The lowest BCUT2D eigenvalue weighted by atomic mass is 9.99. The summed E-state index contributed by atoms with van der Waals surface area (Å²) >= 11 is 1.01. The number of benzene rings is 2. The Labute approximate surface area is 136 Å². The van der Waals surface area contributed by atoms with Gasteiger partial charge in [-0.3, -0.25) is 10.1 Å². The Morgan fingerprint density at radius 3 is 2.78 bits per heavy atom. The highest BCUT2D eigenvalue weighted by Gasteiger charge is 2.30. The first-order valence-corrected chi connectivity index (χ1v) is 8.16. The van der Waals surface area contributed by atoms with Gasteiger partial charge in [0.25, 0.3) is 0 Å². The van der Waals surface area contributed by atoms with Crippen LogP contribution in [0.25, 0.3) is 11.0 Å². The minimum atomic E-state index is -0.338. The minimum absolute atomic E-state index is 0.0740. The van der Waals surface area contributed by atoms with Gasteiger partial charge in [-0.1, -0.05) is 30.3 Å². The van der Waals surface area contributed by atoms with Gasteiger partial charge in [0.1, 0.15) is 11.2 Å². The first kappa shape index (κ1) is 14.1. The molecule has 1 aliphatic heterocycles. The Morgan fingerprint density at radius 1 is 1.17 bits per heavy atom. The number of nitro benzene ring substituents is 1. The topological polar surface area (TPSA) is 72.2 Å². The molecule has 6 nitrogen and oxygen atoms in total. The number of nitro groups is 1. The van der Waals surface area contributed by atoms with Gasteiger partial charge < -0.3 is 4.90 Å². The summed E-state index contributed by atoms with van der Waals surface area (Å²) in [6.45, 7) is 1.59. The second-order valence-corrected chi connectivity index (χ2v) is 6.19. The van der Waals surface area contributed by atoms with Crippen molar-refractivity contribution in [1.29, 1.82) is 0 Å². The zero-order valence-electron chi connectivity index (χ0n) is 12.3. The molecule has 0 spiro atoms. The zero-order valence-corrected chi connectivity index (χ0v) is 13.1. The molecule has 7 heteroatoms. The summed E-state index contributed by atoms with van der Waals surface area (Å²) in [4.78, 5) is 13.3. The normalized spacial score (nSPS) is 17.7. The number of fused-ring (bicyclic) bond motifs is 1. The van der Waals surface area contributed by atoms with Crippen molar-refractivity contribution in [3.8, 4) is 0 Å². The van der Waals surface area contributed by atoms with Gasteiger partial charge in [0.05, 0.1) is 16.7 Å². The van der Waals surface area contributed by atoms with Crippen LogP contribution in [0.5, 0.6) is 0 Å². The van der Waals surface area contributed by atoms with Crippen LogP contribution in [0.1, 0.15) is 17.9 Å². The van der Waals surface area contributed by atoms with Crippen LogP contribution in [-0.4, -0.2) is 26.8 Å². The molecule has 0 radical (unpaired) electrons. The molecule has 0 aliphatic carbocycles. The molecule has 2 aromatic carbocycles. The van der Waals surface area contributed by atoms with Crippen molar-refractivity contribution in [3.05, 3.63) is 58.1 Å². The first-order chi connectivity index (χ1) is 11.2. The maximum absolute atomic E-state index is 11.6. The van der Waals surface area contributed by atoms with Gasteiger partial charge in [-0.05, 0) is 24.1 Å². The third-order valence-electron chi connectivity index (χ3n) is 4.36. The molecule has 0 N–H and O–H groups in total. The standard InChI is InChI=1S/C16H14N4O2S/c21-20(22)16-14(7-6-13-15(16)18-23-17-13)19-9-8-12(10-19)11-4-2-1-3-5-11/h1-7,12H,8-10H2. The van der Waals surface area contributed by atoms with E-state index in [4.69, 9.17) is 0 Å². The van der Waals surface area contributed by atoms with Crippen LogP contribution in [0.3, 0.4) is 0 Å². The fourth-order valence-corrected chi connectivity index (χ4v) is 3.78. The van der Waals surface area contributed by atoms with E-state index in [1.165, 1.54) is 5.56 Å². The summed E-state index contributed by atoms with van der Waals surface area (Å²) in [6, 6.07) is 13.9. The van der Waals surface area contributed by atoms with Crippen LogP contribution in [0.15, 0.2) is 42.5 Å². The molecule has 0 bridgehead atoms. The minimum Gasteiger partial charge on any atom is -0.365 e. The third-order valence-corrected chi connectivity index (χ3v) is 4.90. The monoisotopic (exact) mass is 326 g/mol. The van der Waals surface area contributed by atoms with E-state index in [0.717, 1.165) is 31.2 Å². The maximum atomic E-state index is 11.6. The molecule has 2 heterocycles. The molecule has 1 aliphatic rings. The number of aromatic nitrogens is 2. The Hall–Kier alpha value is -2.54. The summed E-state index contributed by atoms with van der Waals surface area (Å²) < 4.78 is 8.21. The lowest BCUT2D eigenvalue weighted by Crippen LogP contribution is -2.20. The highest BCUT2D eigenvalue weighted by molar-refractivity contribution is 7.00. The van der Waals surface area contributed by atoms with Crippen molar-refractivity contribution >= 4 is 34.1 Å². The fourth-order valence-electron chi connectivity index (χ4n) is 3.24. The number of rotatable bonds is 3. The largest absolute Gasteiger partial charge is 0.365 e. The van der Waals surface area contributed by atoms with Crippen LogP contribution in [0.4, 0.5) is 11.4 Å². The molecule has 1 atom stereocenters. The van der Waals surface area contributed by atoms with Crippen LogP contribution < -0.4 is 4.90 Å². The summed E-state index contributed by atoms with van der Waals surface area (Å²) in [7, 11) is 0. The van der Waals surface area contributed by atoms with E-state index >= 15 is 0 Å². The summed E-state index contributed by atoms with van der Waals surface area (Å²) in [5.41, 5.74) is 2.98. The van der Waals surface area contributed by atoms with Gasteiger partial charge in [0, 0.05) is 19.0 Å². The fraction of sp³-hybridized carbons (Fsp3) is 0.250. The lowest BCUT2D eigenvalue weighted by Gasteiger charge is -2.18. The number of nitrogens with zero attached hydrogens (tertiary/aromatic N) is 4. The van der Waals surface area contributed by atoms with Gasteiger partial charge in [-0.25, -0.2) is 0 Å². The molecular weight excluding hydrogens is 312 g/mol. The average molecular weight is 326 g/mol. The van der Waals surface area contributed by atoms with Crippen LogP contribution in [0, 0.1) is 10.1 Å². The molecule has 4 rings (SSSR count). The van der Waals surface area contributed by atoms with E-state index in [2.05, 4.69) is 25.8 Å². The molecule has 0 amide bonds.